The Bertz CT molecular complexity index is 441. The van der Waals surface area contributed by atoms with Crippen molar-refractivity contribution in [2.24, 2.45) is 0 Å². The number of carboxylic acid groups (broad SMARTS) is 1. The van der Waals surface area contributed by atoms with Crippen LogP contribution in [0.3, 0.4) is 0 Å². The molecule has 0 saturated heterocycles. The highest BCUT2D eigenvalue weighted by atomic mass is 32.1. The van der Waals surface area contributed by atoms with Crippen molar-refractivity contribution in [3.63, 3.8) is 0 Å². The minimum absolute atomic E-state index is 0.386. The molecule has 1 heterocycles. The zero-order chi connectivity index (χ0) is 13.8. The Labute approximate surface area is 118 Å². The van der Waals surface area contributed by atoms with Crippen LogP contribution in [0, 0.1) is 0 Å². The quantitative estimate of drug-likeness (QED) is 0.833. The van der Waals surface area contributed by atoms with E-state index in [2.05, 4.69) is 23.9 Å². The number of unbranched alkanes of at least 4 members (excludes halogenated alkanes) is 1. The van der Waals surface area contributed by atoms with Crippen molar-refractivity contribution in [2.45, 2.75) is 51.5 Å². The highest BCUT2D eigenvalue weighted by Gasteiger charge is 2.28. The Hall–Kier alpha value is -0.940. The predicted octanol–water partition coefficient (Wildman–Crippen LogP) is 3.34. The SMILES string of the molecule is CCCCN(C)Cc1nc(C2CCC2)c(C(=O)O)s1. The van der Waals surface area contributed by atoms with Gasteiger partial charge in [-0.2, -0.15) is 0 Å². The smallest absolute Gasteiger partial charge is 0.347 e. The summed E-state index contributed by atoms with van der Waals surface area (Å²) in [6.07, 6.45) is 5.73. The summed E-state index contributed by atoms with van der Waals surface area (Å²) in [6, 6.07) is 0. The number of hydrogen-bond acceptors (Lipinski definition) is 4. The lowest BCUT2D eigenvalue weighted by atomic mass is 9.82. The molecule has 1 aliphatic carbocycles. The molecule has 1 aromatic rings. The molecule has 0 bridgehead atoms. The van der Waals surface area contributed by atoms with Crippen LogP contribution in [0.25, 0.3) is 0 Å². The molecule has 0 spiro atoms. The van der Waals surface area contributed by atoms with Crippen LogP contribution in [-0.4, -0.2) is 34.6 Å². The minimum atomic E-state index is -0.818. The fourth-order valence-electron chi connectivity index (χ4n) is 2.30. The van der Waals surface area contributed by atoms with E-state index in [0.717, 1.165) is 36.6 Å². The molecule has 1 aromatic heterocycles. The first kappa shape index (κ1) is 14.5. The van der Waals surface area contributed by atoms with Crippen molar-refractivity contribution in [1.82, 2.24) is 9.88 Å². The standard InChI is InChI=1S/C14H22N2O2S/c1-3-4-8-16(2)9-11-15-12(10-6-5-7-10)13(19-11)14(17)18/h10H,3-9H2,1-2H3,(H,17,18). The largest absolute Gasteiger partial charge is 0.477 e. The third-order valence-corrected chi connectivity index (χ3v) is 4.73. The highest BCUT2D eigenvalue weighted by molar-refractivity contribution is 7.13. The van der Waals surface area contributed by atoms with Gasteiger partial charge in [-0.1, -0.05) is 19.8 Å². The van der Waals surface area contributed by atoms with Crippen LogP contribution in [0.4, 0.5) is 0 Å². The molecule has 0 amide bonds. The van der Waals surface area contributed by atoms with Gasteiger partial charge in [-0.15, -0.1) is 11.3 Å². The summed E-state index contributed by atoms with van der Waals surface area (Å²) in [5.74, 6) is -0.432. The van der Waals surface area contributed by atoms with Crippen LogP contribution in [0.1, 0.15) is 65.3 Å². The maximum Gasteiger partial charge on any atom is 0.347 e. The second kappa shape index (κ2) is 6.48. The molecule has 5 heteroatoms. The van der Waals surface area contributed by atoms with E-state index in [-0.39, 0.29) is 0 Å². The molecule has 1 aliphatic rings. The summed E-state index contributed by atoms with van der Waals surface area (Å²) < 4.78 is 0. The van der Waals surface area contributed by atoms with Crippen molar-refractivity contribution in [2.75, 3.05) is 13.6 Å². The maximum atomic E-state index is 11.3. The summed E-state index contributed by atoms with van der Waals surface area (Å²) in [4.78, 5) is 18.6. The number of aromatic nitrogens is 1. The van der Waals surface area contributed by atoms with Gasteiger partial charge in [0.2, 0.25) is 0 Å². The molecule has 19 heavy (non-hydrogen) atoms. The fourth-order valence-corrected chi connectivity index (χ4v) is 3.36. The van der Waals surface area contributed by atoms with E-state index in [9.17, 15) is 9.90 Å². The molecule has 0 radical (unpaired) electrons. The molecule has 1 saturated carbocycles. The molecular weight excluding hydrogens is 260 g/mol. The van der Waals surface area contributed by atoms with E-state index in [4.69, 9.17) is 0 Å². The molecule has 0 aromatic carbocycles. The Morgan fingerprint density at radius 3 is 2.79 bits per heavy atom. The Morgan fingerprint density at radius 2 is 2.26 bits per heavy atom. The molecule has 0 aliphatic heterocycles. The lowest BCUT2D eigenvalue weighted by Gasteiger charge is -2.24. The second-order valence-corrected chi connectivity index (χ2v) is 6.43. The number of aromatic carboxylic acids is 1. The topological polar surface area (TPSA) is 53.4 Å². The lowest BCUT2D eigenvalue weighted by Crippen LogP contribution is -2.19. The van der Waals surface area contributed by atoms with Crippen molar-refractivity contribution >= 4 is 17.3 Å². The number of nitrogens with zero attached hydrogens (tertiary/aromatic N) is 2. The maximum absolute atomic E-state index is 11.3. The predicted molar refractivity (Wildman–Crippen MR) is 76.9 cm³/mol. The molecule has 4 nitrogen and oxygen atoms in total. The number of carbonyl (C=O) groups is 1. The van der Waals surface area contributed by atoms with Gasteiger partial charge < -0.3 is 5.11 Å². The van der Waals surface area contributed by atoms with Gasteiger partial charge in [-0.05, 0) is 32.9 Å². The third-order valence-electron chi connectivity index (χ3n) is 3.68. The van der Waals surface area contributed by atoms with Gasteiger partial charge in [0.1, 0.15) is 9.88 Å². The summed E-state index contributed by atoms with van der Waals surface area (Å²) in [5.41, 5.74) is 0.836. The monoisotopic (exact) mass is 282 g/mol. The van der Waals surface area contributed by atoms with Gasteiger partial charge in [0.05, 0.1) is 12.2 Å². The van der Waals surface area contributed by atoms with Gasteiger partial charge >= 0.3 is 5.97 Å². The van der Waals surface area contributed by atoms with E-state index in [1.165, 1.54) is 30.6 Å². The van der Waals surface area contributed by atoms with E-state index >= 15 is 0 Å². The fraction of sp³-hybridized carbons (Fsp3) is 0.714. The number of hydrogen-bond donors (Lipinski definition) is 1. The molecule has 2 rings (SSSR count). The summed E-state index contributed by atoms with van der Waals surface area (Å²) in [7, 11) is 2.07. The zero-order valence-corrected chi connectivity index (χ0v) is 12.5. The normalized spacial score (nSPS) is 15.7. The van der Waals surface area contributed by atoms with Crippen LogP contribution in [0.2, 0.25) is 0 Å². The van der Waals surface area contributed by atoms with Gasteiger partial charge in [0.25, 0.3) is 0 Å². The van der Waals surface area contributed by atoms with E-state index < -0.39 is 5.97 Å². The van der Waals surface area contributed by atoms with E-state index in [1.807, 2.05) is 0 Å². The molecule has 1 N–H and O–H groups in total. The Balaban J connectivity index is 2.06. The summed E-state index contributed by atoms with van der Waals surface area (Å²) in [6.45, 7) is 3.98. The van der Waals surface area contributed by atoms with Crippen molar-refractivity contribution in [3.05, 3.63) is 15.6 Å². The van der Waals surface area contributed by atoms with Gasteiger partial charge in [-0.3, -0.25) is 4.90 Å². The molecule has 0 atom stereocenters. The van der Waals surface area contributed by atoms with Crippen molar-refractivity contribution < 1.29 is 9.90 Å². The molecule has 1 fully saturated rings. The van der Waals surface area contributed by atoms with E-state index in [0.29, 0.717) is 10.8 Å². The highest BCUT2D eigenvalue weighted by Crippen LogP contribution is 2.39. The molecular formula is C14H22N2O2S. The van der Waals surface area contributed by atoms with Crippen LogP contribution < -0.4 is 0 Å². The first-order chi connectivity index (χ1) is 9.11. The van der Waals surface area contributed by atoms with Gasteiger partial charge in [-0.25, -0.2) is 9.78 Å². The minimum Gasteiger partial charge on any atom is -0.477 e. The zero-order valence-electron chi connectivity index (χ0n) is 11.7. The van der Waals surface area contributed by atoms with Crippen molar-refractivity contribution in [1.29, 1.82) is 0 Å². The number of carboxylic acids is 1. The van der Waals surface area contributed by atoms with Gasteiger partial charge in [0, 0.05) is 5.92 Å². The summed E-state index contributed by atoms with van der Waals surface area (Å²) in [5, 5.41) is 10.2. The Kier molecular flexibility index (Phi) is 4.93. The van der Waals surface area contributed by atoms with Gasteiger partial charge in [0.15, 0.2) is 0 Å². The second-order valence-electron chi connectivity index (χ2n) is 5.35. The third kappa shape index (κ3) is 3.54. The summed E-state index contributed by atoms with van der Waals surface area (Å²) >= 11 is 1.35. The number of thiazole rings is 1. The molecule has 0 unspecified atom stereocenters. The van der Waals surface area contributed by atoms with E-state index in [1.54, 1.807) is 0 Å². The van der Waals surface area contributed by atoms with Crippen LogP contribution in [-0.2, 0) is 6.54 Å². The van der Waals surface area contributed by atoms with Crippen molar-refractivity contribution in [3.8, 4) is 0 Å². The first-order valence-corrected chi connectivity index (χ1v) is 7.85. The number of rotatable bonds is 7. The average molecular weight is 282 g/mol. The lowest BCUT2D eigenvalue weighted by molar-refractivity contribution is 0.0699. The van der Waals surface area contributed by atoms with Crippen LogP contribution in [0.15, 0.2) is 0 Å². The van der Waals surface area contributed by atoms with Crippen LogP contribution in [0.5, 0.6) is 0 Å². The van der Waals surface area contributed by atoms with Crippen LogP contribution >= 0.6 is 11.3 Å². The average Bonchev–Trinajstić information content (AvgIpc) is 2.68. The Morgan fingerprint density at radius 1 is 1.53 bits per heavy atom. The first-order valence-electron chi connectivity index (χ1n) is 7.03. The molecule has 106 valence electrons.